The van der Waals surface area contributed by atoms with Gasteiger partial charge in [-0.3, -0.25) is 20.0 Å². The fourth-order valence-electron chi connectivity index (χ4n) is 2.59. The van der Waals surface area contributed by atoms with Gasteiger partial charge in [-0.1, -0.05) is 0 Å². The molecule has 3 N–H and O–H groups in total. The van der Waals surface area contributed by atoms with Crippen molar-refractivity contribution in [3.05, 3.63) is 29.3 Å². The molecule has 0 aliphatic carbocycles. The van der Waals surface area contributed by atoms with Crippen LogP contribution in [0.1, 0.15) is 22.8 Å². The van der Waals surface area contributed by atoms with Crippen LogP contribution < -0.4 is 20.5 Å². The van der Waals surface area contributed by atoms with Crippen molar-refractivity contribution in [1.29, 1.82) is 0 Å². The van der Waals surface area contributed by atoms with Crippen molar-refractivity contribution in [3.63, 3.8) is 0 Å². The van der Waals surface area contributed by atoms with E-state index in [0.717, 1.165) is 5.56 Å². The lowest BCUT2D eigenvalue weighted by atomic mass is 10.1. The molecule has 138 valence electrons. The highest BCUT2D eigenvalue weighted by Crippen LogP contribution is 2.30. The maximum atomic E-state index is 12.2. The zero-order valence-electron chi connectivity index (χ0n) is 14.3. The predicted molar refractivity (Wildman–Crippen MR) is 100 cm³/mol. The minimum absolute atomic E-state index is 0.00359. The van der Waals surface area contributed by atoms with Gasteiger partial charge in [0.15, 0.2) is 5.11 Å². The van der Waals surface area contributed by atoms with Gasteiger partial charge in [-0.25, -0.2) is 8.42 Å². The third-order valence-electron chi connectivity index (χ3n) is 3.68. The minimum Gasteiger partial charge on any atom is -0.383 e. The minimum atomic E-state index is -3.30. The highest BCUT2D eigenvalue weighted by atomic mass is 32.2. The Morgan fingerprint density at radius 3 is 2.76 bits per heavy atom. The summed E-state index contributed by atoms with van der Waals surface area (Å²) in [5.41, 5.74) is 7.02. The topological polar surface area (TPSA) is 99.8 Å². The molecule has 2 rings (SSSR count). The number of carbonyl (C=O) groups excluding carboxylic acids is 1. The van der Waals surface area contributed by atoms with Crippen molar-refractivity contribution in [1.82, 2.24) is 16.2 Å². The van der Waals surface area contributed by atoms with Crippen LogP contribution in [0.5, 0.6) is 0 Å². The summed E-state index contributed by atoms with van der Waals surface area (Å²) in [5.74, 6) is -0.357. The summed E-state index contributed by atoms with van der Waals surface area (Å²) in [4.78, 5) is 12.2. The number of anilines is 1. The van der Waals surface area contributed by atoms with Crippen molar-refractivity contribution in [3.8, 4) is 0 Å². The van der Waals surface area contributed by atoms with Crippen LogP contribution in [0, 0.1) is 0 Å². The molecule has 1 aromatic carbocycles. The zero-order valence-corrected chi connectivity index (χ0v) is 16.0. The van der Waals surface area contributed by atoms with E-state index in [2.05, 4.69) is 16.2 Å². The van der Waals surface area contributed by atoms with E-state index in [1.165, 1.54) is 10.6 Å². The maximum Gasteiger partial charge on any atom is 0.269 e. The Hall–Kier alpha value is -1.91. The van der Waals surface area contributed by atoms with Crippen molar-refractivity contribution in [2.24, 2.45) is 0 Å². The van der Waals surface area contributed by atoms with Crippen LogP contribution in [0.25, 0.3) is 0 Å². The molecular weight excluding hydrogens is 364 g/mol. The van der Waals surface area contributed by atoms with Gasteiger partial charge in [0, 0.05) is 25.3 Å². The van der Waals surface area contributed by atoms with Crippen LogP contribution in [0.3, 0.4) is 0 Å². The van der Waals surface area contributed by atoms with Gasteiger partial charge in [0.2, 0.25) is 10.0 Å². The van der Waals surface area contributed by atoms with E-state index in [9.17, 15) is 13.2 Å². The number of hydrogen-bond donors (Lipinski definition) is 3. The van der Waals surface area contributed by atoms with Crippen molar-refractivity contribution >= 4 is 38.9 Å². The third kappa shape index (κ3) is 5.03. The lowest BCUT2D eigenvalue weighted by Crippen LogP contribution is -2.49. The van der Waals surface area contributed by atoms with E-state index in [1.807, 2.05) is 6.92 Å². The van der Waals surface area contributed by atoms with Gasteiger partial charge in [0.05, 0.1) is 18.6 Å². The van der Waals surface area contributed by atoms with Crippen LogP contribution >= 0.6 is 12.2 Å². The summed E-state index contributed by atoms with van der Waals surface area (Å²) in [5, 5.41) is 3.24. The Labute approximate surface area is 152 Å². The summed E-state index contributed by atoms with van der Waals surface area (Å²) in [6, 6.07) is 4.93. The molecule has 0 unspecified atom stereocenters. The molecule has 0 fully saturated rings. The van der Waals surface area contributed by atoms with Crippen LogP contribution in [0.15, 0.2) is 18.2 Å². The molecule has 0 radical (unpaired) electrons. The Kier molecular flexibility index (Phi) is 6.20. The number of fused-ring (bicyclic) bond motifs is 1. The number of amides is 1. The van der Waals surface area contributed by atoms with Gasteiger partial charge in [-0.2, -0.15) is 0 Å². The van der Waals surface area contributed by atoms with Gasteiger partial charge in [0.25, 0.3) is 5.91 Å². The smallest absolute Gasteiger partial charge is 0.269 e. The number of carbonyl (C=O) groups is 1. The summed E-state index contributed by atoms with van der Waals surface area (Å²) in [7, 11) is -1.71. The van der Waals surface area contributed by atoms with Crippen LogP contribution in [-0.4, -0.2) is 52.0 Å². The zero-order chi connectivity index (χ0) is 18.6. The molecule has 0 saturated carbocycles. The van der Waals surface area contributed by atoms with Gasteiger partial charge in [-0.15, -0.1) is 0 Å². The Morgan fingerprint density at radius 1 is 1.40 bits per heavy atom. The molecule has 1 amide bonds. The molecule has 10 heteroatoms. The van der Waals surface area contributed by atoms with Crippen molar-refractivity contribution < 1.29 is 17.9 Å². The molecule has 1 atom stereocenters. The fourth-order valence-corrected chi connectivity index (χ4v) is 3.81. The highest BCUT2D eigenvalue weighted by Gasteiger charge is 2.26. The van der Waals surface area contributed by atoms with Gasteiger partial charge in [-0.05, 0) is 49.3 Å². The average molecular weight is 386 g/mol. The number of thiocarbonyl (C=S) groups is 1. The number of ether oxygens (including phenoxy) is 1. The Bertz CT molecular complexity index is 767. The molecule has 1 heterocycles. The Balaban J connectivity index is 1.97. The van der Waals surface area contributed by atoms with Gasteiger partial charge >= 0.3 is 0 Å². The summed E-state index contributed by atoms with van der Waals surface area (Å²) in [6.45, 7) is 2.77. The van der Waals surface area contributed by atoms with E-state index >= 15 is 0 Å². The van der Waals surface area contributed by atoms with Gasteiger partial charge in [0.1, 0.15) is 0 Å². The second-order valence-corrected chi connectivity index (χ2v) is 8.15. The number of hydrogen-bond acceptors (Lipinski definition) is 5. The highest BCUT2D eigenvalue weighted by molar-refractivity contribution is 7.92. The molecule has 1 aliphatic rings. The monoisotopic (exact) mass is 386 g/mol. The van der Waals surface area contributed by atoms with E-state index < -0.39 is 10.0 Å². The normalized spacial score (nSPS) is 14.6. The second kappa shape index (κ2) is 7.98. The molecule has 0 aromatic heterocycles. The maximum absolute atomic E-state index is 12.2. The lowest BCUT2D eigenvalue weighted by Gasteiger charge is -2.17. The lowest BCUT2D eigenvalue weighted by molar-refractivity contribution is 0.0943. The van der Waals surface area contributed by atoms with E-state index in [-0.39, 0.29) is 17.1 Å². The average Bonchev–Trinajstić information content (AvgIpc) is 2.95. The number of nitrogens with zero attached hydrogens (tertiary/aromatic N) is 1. The summed E-state index contributed by atoms with van der Waals surface area (Å²) < 4.78 is 29.8. The first-order valence-electron chi connectivity index (χ1n) is 7.69. The number of rotatable bonds is 5. The van der Waals surface area contributed by atoms with Crippen LogP contribution in [0.2, 0.25) is 0 Å². The second-order valence-electron chi connectivity index (χ2n) is 5.84. The van der Waals surface area contributed by atoms with Crippen LogP contribution in [-0.2, 0) is 21.2 Å². The van der Waals surface area contributed by atoms with Crippen LogP contribution in [0.4, 0.5) is 5.69 Å². The standard InChI is InChI=1S/C15H22N4O4S2/c1-10(9-23-2)16-15(24)18-17-14(20)12-4-5-13-11(8-12)6-7-19(13)25(3,21)22/h4-5,8,10H,6-7,9H2,1-3H3,(H,17,20)(H2,16,18,24)/t10-/m0/s1. The first kappa shape index (κ1) is 19.4. The first-order chi connectivity index (χ1) is 11.7. The number of hydrazine groups is 1. The molecule has 0 bridgehead atoms. The molecule has 1 aromatic rings. The quantitative estimate of drug-likeness (QED) is 0.489. The van der Waals surface area contributed by atoms with E-state index in [0.29, 0.717) is 30.8 Å². The Morgan fingerprint density at radius 2 is 2.12 bits per heavy atom. The largest absolute Gasteiger partial charge is 0.383 e. The van der Waals surface area contributed by atoms with E-state index in [1.54, 1.807) is 25.3 Å². The molecule has 8 nitrogen and oxygen atoms in total. The molecule has 25 heavy (non-hydrogen) atoms. The third-order valence-corrected chi connectivity index (χ3v) is 5.08. The van der Waals surface area contributed by atoms with Gasteiger partial charge < -0.3 is 10.1 Å². The number of methoxy groups -OCH3 is 1. The van der Waals surface area contributed by atoms with Crippen molar-refractivity contribution in [2.75, 3.05) is 30.8 Å². The number of sulfonamides is 1. The number of benzene rings is 1. The van der Waals surface area contributed by atoms with Crippen molar-refractivity contribution in [2.45, 2.75) is 19.4 Å². The van der Waals surface area contributed by atoms with E-state index in [4.69, 9.17) is 17.0 Å². The molecule has 0 spiro atoms. The SMILES string of the molecule is COC[C@H](C)NC(=S)NNC(=O)c1ccc2c(c1)CCN2S(C)(=O)=O. The molecule has 1 aliphatic heterocycles. The number of nitrogens with one attached hydrogen (secondary N) is 3. The summed E-state index contributed by atoms with van der Waals surface area (Å²) >= 11 is 5.08. The fraction of sp³-hybridized carbons (Fsp3) is 0.467. The summed E-state index contributed by atoms with van der Waals surface area (Å²) in [6.07, 6.45) is 1.75. The predicted octanol–water partition coefficient (Wildman–Crippen LogP) is 0.153. The molecule has 0 saturated heterocycles. The first-order valence-corrected chi connectivity index (χ1v) is 9.94. The molecular formula is C15H22N4O4S2.